The maximum atomic E-state index is 11.2. The summed E-state index contributed by atoms with van der Waals surface area (Å²) in [6, 6.07) is 10.8. The van der Waals surface area contributed by atoms with Crippen LogP contribution >= 0.6 is 0 Å². The van der Waals surface area contributed by atoms with Crippen LogP contribution in [0.25, 0.3) is 0 Å². The van der Waals surface area contributed by atoms with Crippen LogP contribution in [0.2, 0.25) is 0 Å². The molecule has 0 spiro atoms. The molecule has 1 rings (SSSR count). The number of rotatable bonds is 14. The number of allylic oxidation sites excluding steroid dienone is 2. The van der Waals surface area contributed by atoms with Gasteiger partial charge < -0.3 is 4.74 Å². The van der Waals surface area contributed by atoms with Crippen molar-refractivity contribution in [1.82, 2.24) is 0 Å². The van der Waals surface area contributed by atoms with Crippen molar-refractivity contribution in [2.75, 3.05) is 7.11 Å². The Morgan fingerprint density at radius 2 is 1.60 bits per heavy atom. The van der Waals surface area contributed by atoms with Crippen molar-refractivity contribution in [3.8, 4) is 0 Å². The third kappa shape index (κ3) is 10.8. The Morgan fingerprint density at radius 3 is 2.24 bits per heavy atom. The van der Waals surface area contributed by atoms with Crippen LogP contribution in [-0.2, 0) is 9.53 Å². The molecular formula is C23H36O2. The van der Waals surface area contributed by atoms with Gasteiger partial charge in [-0.3, -0.25) is 4.79 Å². The fourth-order valence-corrected chi connectivity index (χ4v) is 3.18. The Kier molecular flexibility index (Phi) is 12.7. The summed E-state index contributed by atoms with van der Waals surface area (Å²) in [5.41, 5.74) is 1.44. The van der Waals surface area contributed by atoms with Crippen molar-refractivity contribution in [2.24, 2.45) is 0 Å². The minimum Gasteiger partial charge on any atom is -0.469 e. The normalized spacial score (nSPS) is 12.4. The molecule has 140 valence electrons. The van der Waals surface area contributed by atoms with Crippen molar-refractivity contribution in [3.05, 3.63) is 48.0 Å². The molecule has 1 atom stereocenters. The molecule has 2 heteroatoms. The summed E-state index contributed by atoms with van der Waals surface area (Å²) < 4.78 is 4.72. The van der Waals surface area contributed by atoms with Gasteiger partial charge in [0.2, 0.25) is 0 Å². The highest BCUT2D eigenvalue weighted by Gasteiger charge is 2.11. The first-order valence-electron chi connectivity index (χ1n) is 10.0. The van der Waals surface area contributed by atoms with E-state index in [0.29, 0.717) is 12.3 Å². The van der Waals surface area contributed by atoms with Crippen LogP contribution in [0, 0.1) is 0 Å². The molecule has 1 aromatic carbocycles. The summed E-state index contributed by atoms with van der Waals surface area (Å²) >= 11 is 0. The Labute approximate surface area is 154 Å². The molecular weight excluding hydrogens is 308 g/mol. The zero-order valence-electron chi connectivity index (χ0n) is 16.2. The highest BCUT2D eigenvalue weighted by atomic mass is 16.5. The molecule has 0 bridgehead atoms. The molecule has 0 heterocycles. The molecule has 0 aliphatic heterocycles. The number of benzene rings is 1. The van der Waals surface area contributed by atoms with E-state index in [-0.39, 0.29) is 5.97 Å². The van der Waals surface area contributed by atoms with Gasteiger partial charge in [-0.2, -0.15) is 0 Å². The van der Waals surface area contributed by atoms with E-state index in [1.165, 1.54) is 57.6 Å². The smallest absolute Gasteiger partial charge is 0.305 e. The van der Waals surface area contributed by atoms with Crippen LogP contribution in [-0.4, -0.2) is 13.1 Å². The predicted molar refractivity (Wildman–Crippen MR) is 107 cm³/mol. The van der Waals surface area contributed by atoms with Gasteiger partial charge in [0.25, 0.3) is 0 Å². The maximum Gasteiger partial charge on any atom is 0.305 e. The lowest BCUT2D eigenvalue weighted by molar-refractivity contribution is -0.140. The van der Waals surface area contributed by atoms with Gasteiger partial charge in [-0.25, -0.2) is 0 Å². The molecule has 0 radical (unpaired) electrons. The van der Waals surface area contributed by atoms with Crippen molar-refractivity contribution in [3.63, 3.8) is 0 Å². The molecule has 0 saturated carbocycles. The second-order valence-corrected chi connectivity index (χ2v) is 6.83. The molecule has 0 aliphatic carbocycles. The lowest BCUT2D eigenvalue weighted by atomic mass is 9.88. The maximum absolute atomic E-state index is 11.2. The third-order valence-electron chi connectivity index (χ3n) is 4.75. The first kappa shape index (κ1) is 21.5. The van der Waals surface area contributed by atoms with Crippen molar-refractivity contribution in [1.29, 1.82) is 0 Å². The summed E-state index contributed by atoms with van der Waals surface area (Å²) in [7, 11) is 1.46. The molecule has 0 N–H and O–H groups in total. The monoisotopic (exact) mass is 344 g/mol. The molecule has 2 nitrogen and oxygen atoms in total. The first-order valence-corrected chi connectivity index (χ1v) is 10.0. The molecule has 25 heavy (non-hydrogen) atoms. The quantitative estimate of drug-likeness (QED) is 0.210. The summed E-state index contributed by atoms with van der Waals surface area (Å²) in [6.45, 7) is 2.24. The number of carbonyl (C=O) groups excluding carboxylic acids is 1. The SMILES string of the molecule is CCCC/C=C/CCCCC(CCCCC(=O)OC)c1ccccc1. The molecule has 0 fully saturated rings. The Hall–Kier alpha value is -1.57. The standard InChI is InChI=1S/C23H36O2/c1-3-4-5-6-7-8-9-11-16-22(21-17-12-10-13-18-21)19-14-15-20-23(24)25-2/h6-7,10,12-13,17-18,22H,3-5,8-9,11,14-16,19-20H2,1-2H3/b7-6+. The topological polar surface area (TPSA) is 26.3 Å². The summed E-state index contributed by atoms with van der Waals surface area (Å²) in [6.07, 6.45) is 17.2. The number of hydrogen-bond acceptors (Lipinski definition) is 2. The van der Waals surface area contributed by atoms with Gasteiger partial charge in [0, 0.05) is 6.42 Å². The number of carbonyl (C=O) groups is 1. The van der Waals surface area contributed by atoms with Gasteiger partial charge in [-0.05, 0) is 50.0 Å². The Bertz CT molecular complexity index is 464. The number of unbranched alkanes of at least 4 members (excludes halogenated alkanes) is 5. The van der Waals surface area contributed by atoms with Crippen LogP contribution < -0.4 is 0 Å². The molecule has 1 unspecified atom stereocenters. The zero-order valence-corrected chi connectivity index (χ0v) is 16.2. The average Bonchev–Trinajstić information content (AvgIpc) is 2.65. The summed E-state index contributed by atoms with van der Waals surface area (Å²) in [5.74, 6) is 0.522. The van der Waals surface area contributed by atoms with E-state index in [9.17, 15) is 4.79 Å². The molecule has 1 aromatic rings. The largest absolute Gasteiger partial charge is 0.469 e. The van der Waals surface area contributed by atoms with E-state index in [4.69, 9.17) is 4.74 Å². The van der Waals surface area contributed by atoms with Crippen LogP contribution in [0.3, 0.4) is 0 Å². The van der Waals surface area contributed by atoms with E-state index in [0.717, 1.165) is 19.3 Å². The van der Waals surface area contributed by atoms with E-state index in [1.54, 1.807) is 0 Å². The number of hydrogen-bond donors (Lipinski definition) is 0. The van der Waals surface area contributed by atoms with E-state index in [1.807, 2.05) is 0 Å². The Balaban J connectivity index is 2.32. The van der Waals surface area contributed by atoms with Gasteiger partial charge in [0.15, 0.2) is 0 Å². The fourth-order valence-electron chi connectivity index (χ4n) is 3.18. The zero-order chi connectivity index (χ0) is 18.2. The Morgan fingerprint density at radius 1 is 0.960 bits per heavy atom. The average molecular weight is 345 g/mol. The fraction of sp³-hybridized carbons (Fsp3) is 0.609. The van der Waals surface area contributed by atoms with Gasteiger partial charge in [-0.15, -0.1) is 0 Å². The van der Waals surface area contributed by atoms with Crippen LogP contribution in [0.4, 0.5) is 0 Å². The van der Waals surface area contributed by atoms with Gasteiger partial charge in [0.1, 0.15) is 0 Å². The summed E-state index contributed by atoms with van der Waals surface area (Å²) in [4.78, 5) is 11.2. The minimum absolute atomic E-state index is 0.0916. The van der Waals surface area contributed by atoms with Crippen LogP contribution in [0.15, 0.2) is 42.5 Å². The summed E-state index contributed by atoms with van der Waals surface area (Å²) in [5, 5.41) is 0. The number of esters is 1. The highest BCUT2D eigenvalue weighted by Crippen LogP contribution is 2.28. The van der Waals surface area contributed by atoms with Crippen LogP contribution in [0.5, 0.6) is 0 Å². The van der Waals surface area contributed by atoms with E-state index < -0.39 is 0 Å². The molecule has 0 saturated heterocycles. The van der Waals surface area contributed by atoms with Gasteiger partial charge >= 0.3 is 5.97 Å². The van der Waals surface area contributed by atoms with E-state index in [2.05, 4.69) is 49.4 Å². The second-order valence-electron chi connectivity index (χ2n) is 6.83. The molecule has 0 amide bonds. The van der Waals surface area contributed by atoms with Crippen molar-refractivity contribution >= 4 is 5.97 Å². The van der Waals surface area contributed by atoms with Crippen molar-refractivity contribution < 1.29 is 9.53 Å². The van der Waals surface area contributed by atoms with E-state index >= 15 is 0 Å². The predicted octanol–water partition coefficient (Wildman–Crippen LogP) is 6.81. The highest BCUT2D eigenvalue weighted by molar-refractivity contribution is 5.68. The number of ether oxygens (including phenoxy) is 1. The van der Waals surface area contributed by atoms with Crippen molar-refractivity contribution in [2.45, 2.75) is 83.5 Å². The molecule has 0 aliphatic rings. The second kappa shape index (κ2) is 14.7. The third-order valence-corrected chi connectivity index (χ3v) is 4.75. The van der Waals surface area contributed by atoms with Crippen LogP contribution in [0.1, 0.15) is 89.0 Å². The lowest BCUT2D eigenvalue weighted by Gasteiger charge is -2.17. The first-order chi connectivity index (χ1) is 12.3. The van der Waals surface area contributed by atoms with Gasteiger partial charge in [0.05, 0.1) is 7.11 Å². The number of methoxy groups -OCH3 is 1. The van der Waals surface area contributed by atoms with Gasteiger partial charge in [-0.1, -0.05) is 75.1 Å². The lowest BCUT2D eigenvalue weighted by Crippen LogP contribution is -2.02. The minimum atomic E-state index is -0.0916. The molecule has 0 aromatic heterocycles.